The second kappa shape index (κ2) is 5.77. The lowest BCUT2D eigenvalue weighted by Gasteiger charge is -2.11. The number of carbonyl (C=O) groups excluding carboxylic acids is 1. The molecule has 0 N–H and O–H groups in total. The van der Waals surface area contributed by atoms with Crippen molar-refractivity contribution >= 4 is 23.1 Å². The number of aromatic nitrogens is 1. The quantitative estimate of drug-likeness (QED) is 0.626. The van der Waals surface area contributed by atoms with Gasteiger partial charge in [-0.25, -0.2) is 0 Å². The fourth-order valence-electron chi connectivity index (χ4n) is 3.03. The van der Waals surface area contributed by atoms with Gasteiger partial charge in [0.25, 0.3) is 0 Å². The molecule has 4 rings (SSSR count). The molecule has 3 aromatic rings. The van der Waals surface area contributed by atoms with Gasteiger partial charge in [-0.15, -0.1) is 0 Å². The third kappa shape index (κ3) is 2.47. The maximum absolute atomic E-state index is 11.5. The molecule has 3 nitrogen and oxygen atoms in total. The molecule has 24 heavy (non-hydrogen) atoms. The first-order chi connectivity index (χ1) is 11.6. The van der Waals surface area contributed by atoms with Crippen molar-refractivity contribution in [3.63, 3.8) is 0 Å². The van der Waals surface area contributed by atoms with E-state index < -0.39 is 0 Å². The third-order valence-electron chi connectivity index (χ3n) is 4.27. The summed E-state index contributed by atoms with van der Waals surface area (Å²) >= 11 is 6.18. The number of nitrogens with zero attached hydrogens (tertiary/aromatic N) is 2. The number of rotatable bonds is 2. The van der Waals surface area contributed by atoms with Crippen LogP contribution >= 0.6 is 11.6 Å². The zero-order valence-electron chi connectivity index (χ0n) is 13.2. The first kappa shape index (κ1) is 14.9. The zero-order chi connectivity index (χ0) is 16.7. The van der Waals surface area contributed by atoms with E-state index in [9.17, 15) is 4.79 Å². The molecule has 2 heterocycles. The SMILES string of the molecule is CC(=O)c1ccc(C2=NCc3ccc(Cl)cc3-n3cccc32)cc1. The largest absolute Gasteiger partial charge is 0.315 e. The number of hydrogen-bond acceptors (Lipinski definition) is 2. The Balaban J connectivity index is 1.85. The van der Waals surface area contributed by atoms with E-state index in [2.05, 4.69) is 4.57 Å². The van der Waals surface area contributed by atoms with Crippen molar-refractivity contribution in [3.8, 4) is 5.69 Å². The van der Waals surface area contributed by atoms with Crippen molar-refractivity contribution in [2.75, 3.05) is 0 Å². The highest BCUT2D eigenvalue weighted by atomic mass is 35.5. The van der Waals surface area contributed by atoms with Crippen molar-refractivity contribution in [1.82, 2.24) is 4.57 Å². The van der Waals surface area contributed by atoms with Crippen LogP contribution in [0.4, 0.5) is 0 Å². The number of aliphatic imine (C=N–C) groups is 1. The van der Waals surface area contributed by atoms with Gasteiger partial charge in [0.15, 0.2) is 5.78 Å². The molecular weight excluding hydrogens is 320 g/mol. The van der Waals surface area contributed by atoms with E-state index in [-0.39, 0.29) is 5.78 Å². The number of Topliss-reactive ketones (excluding diaryl/α,β-unsaturated/α-hetero) is 1. The van der Waals surface area contributed by atoms with Crippen LogP contribution in [0.15, 0.2) is 65.8 Å². The monoisotopic (exact) mass is 334 g/mol. The molecular formula is C20H15ClN2O. The van der Waals surface area contributed by atoms with Crippen LogP contribution < -0.4 is 0 Å². The first-order valence-corrected chi connectivity index (χ1v) is 8.13. The number of benzene rings is 2. The molecule has 0 fully saturated rings. The lowest BCUT2D eigenvalue weighted by Crippen LogP contribution is -2.08. The fraction of sp³-hybridized carbons (Fsp3) is 0.100. The van der Waals surface area contributed by atoms with Crippen LogP contribution in [0.2, 0.25) is 5.02 Å². The van der Waals surface area contributed by atoms with E-state index in [4.69, 9.17) is 16.6 Å². The summed E-state index contributed by atoms with van der Waals surface area (Å²) in [4.78, 5) is 16.3. The summed E-state index contributed by atoms with van der Waals surface area (Å²) in [6, 6.07) is 17.5. The van der Waals surface area contributed by atoms with Gasteiger partial charge in [0.05, 0.1) is 23.6 Å². The van der Waals surface area contributed by atoms with E-state index in [0.29, 0.717) is 17.1 Å². The number of ketones is 1. The molecule has 0 aliphatic carbocycles. The second-order valence-corrected chi connectivity index (χ2v) is 6.27. The summed E-state index contributed by atoms with van der Waals surface area (Å²) < 4.78 is 2.12. The van der Waals surface area contributed by atoms with Crippen LogP contribution in [0.25, 0.3) is 5.69 Å². The molecule has 0 saturated heterocycles. The predicted octanol–water partition coefficient (Wildman–Crippen LogP) is 4.68. The minimum Gasteiger partial charge on any atom is -0.315 e. The van der Waals surface area contributed by atoms with Crippen molar-refractivity contribution < 1.29 is 4.79 Å². The summed E-state index contributed by atoms with van der Waals surface area (Å²) in [6.45, 7) is 2.17. The first-order valence-electron chi connectivity index (χ1n) is 7.76. The lowest BCUT2D eigenvalue weighted by molar-refractivity contribution is 0.101. The molecule has 0 radical (unpaired) electrons. The maximum atomic E-state index is 11.5. The Bertz CT molecular complexity index is 968. The molecule has 0 spiro atoms. The third-order valence-corrected chi connectivity index (χ3v) is 4.51. The van der Waals surface area contributed by atoms with Crippen molar-refractivity contribution in [3.05, 3.63) is 88.2 Å². The van der Waals surface area contributed by atoms with Gasteiger partial charge in [-0.05, 0) is 36.8 Å². The summed E-state index contributed by atoms with van der Waals surface area (Å²) in [6.07, 6.45) is 2.02. The average molecular weight is 335 g/mol. The van der Waals surface area contributed by atoms with E-state index in [1.165, 1.54) is 0 Å². The molecule has 0 atom stereocenters. The Morgan fingerprint density at radius 1 is 1.12 bits per heavy atom. The second-order valence-electron chi connectivity index (χ2n) is 5.83. The summed E-state index contributed by atoms with van der Waals surface area (Å²) in [5, 5.41) is 0.711. The molecule has 0 amide bonds. The Labute approximate surface area is 145 Å². The van der Waals surface area contributed by atoms with Crippen LogP contribution in [0.3, 0.4) is 0 Å². The van der Waals surface area contributed by atoms with E-state index in [1.54, 1.807) is 6.92 Å². The standard InChI is InChI=1S/C20H15ClN2O/c1-13(24)14-4-6-15(7-5-14)20-18-3-2-10-23(18)19-11-17(21)9-8-16(19)12-22-20/h2-11H,12H2,1H3. The number of halogens is 1. The van der Waals surface area contributed by atoms with Crippen molar-refractivity contribution in [2.45, 2.75) is 13.5 Å². The highest BCUT2D eigenvalue weighted by molar-refractivity contribution is 6.30. The van der Waals surface area contributed by atoms with Gasteiger partial charge in [-0.2, -0.15) is 0 Å². The average Bonchev–Trinajstić information content (AvgIpc) is 3.00. The van der Waals surface area contributed by atoms with Gasteiger partial charge in [0.1, 0.15) is 0 Å². The Hall–Kier alpha value is -2.65. The Morgan fingerprint density at radius 3 is 2.67 bits per heavy atom. The van der Waals surface area contributed by atoms with Crippen LogP contribution in [0.1, 0.15) is 34.1 Å². The minimum atomic E-state index is 0.0646. The molecule has 0 bridgehead atoms. The van der Waals surface area contributed by atoms with Gasteiger partial charge in [0, 0.05) is 22.3 Å². The predicted molar refractivity (Wildman–Crippen MR) is 96.6 cm³/mol. The van der Waals surface area contributed by atoms with E-state index in [1.807, 2.05) is 60.8 Å². The molecule has 1 aromatic heterocycles. The molecule has 4 heteroatoms. The van der Waals surface area contributed by atoms with Crippen molar-refractivity contribution in [2.24, 2.45) is 4.99 Å². The van der Waals surface area contributed by atoms with Gasteiger partial charge in [-0.3, -0.25) is 9.79 Å². The zero-order valence-corrected chi connectivity index (χ0v) is 13.9. The highest BCUT2D eigenvalue weighted by Gasteiger charge is 2.18. The van der Waals surface area contributed by atoms with E-state index >= 15 is 0 Å². The van der Waals surface area contributed by atoms with E-state index in [0.717, 1.165) is 28.2 Å². The number of fused-ring (bicyclic) bond motifs is 3. The van der Waals surface area contributed by atoms with Gasteiger partial charge >= 0.3 is 0 Å². The van der Waals surface area contributed by atoms with Crippen LogP contribution in [0.5, 0.6) is 0 Å². The Kier molecular flexibility index (Phi) is 3.58. The summed E-state index contributed by atoms with van der Waals surface area (Å²) in [5.41, 5.74) is 5.83. The van der Waals surface area contributed by atoms with Crippen LogP contribution in [-0.2, 0) is 6.54 Å². The molecule has 0 saturated carbocycles. The van der Waals surface area contributed by atoms with Crippen LogP contribution in [0, 0.1) is 0 Å². The minimum absolute atomic E-state index is 0.0646. The lowest BCUT2D eigenvalue weighted by atomic mass is 10.0. The summed E-state index contributed by atoms with van der Waals surface area (Å²) in [7, 11) is 0. The summed E-state index contributed by atoms with van der Waals surface area (Å²) in [5.74, 6) is 0.0646. The topological polar surface area (TPSA) is 34.4 Å². The fourth-order valence-corrected chi connectivity index (χ4v) is 3.19. The molecule has 1 aliphatic rings. The number of hydrogen-bond donors (Lipinski definition) is 0. The molecule has 1 aliphatic heterocycles. The van der Waals surface area contributed by atoms with Gasteiger partial charge < -0.3 is 4.57 Å². The number of carbonyl (C=O) groups is 1. The van der Waals surface area contributed by atoms with Gasteiger partial charge in [-0.1, -0.05) is 41.9 Å². The highest BCUT2D eigenvalue weighted by Crippen LogP contribution is 2.27. The Morgan fingerprint density at radius 2 is 1.92 bits per heavy atom. The smallest absolute Gasteiger partial charge is 0.159 e. The molecule has 2 aromatic carbocycles. The molecule has 0 unspecified atom stereocenters. The molecule has 118 valence electrons. The van der Waals surface area contributed by atoms with Crippen LogP contribution in [-0.4, -0.2) is 16.1 Å². The maximum Gasteiger partial charge on any atom is 0.159 e. The van der Waals surface area contributed by atoms with Crippen molar-refractivity contribution in [1.29, 1.82) is 0 Å². The van der Waals surface area contributed by atoms with Gasteiger partial charge in [0.2, 0.25) is 0 Å². The normalized spacial score (nSPS) is 12.8.